The summed E-state index contributed by atoms with van der Waals surface area (Å²) < 4.78 is 0. The maximum atomic E-state index is 8.74. The molecule has 0 spiro atoms. The van der Waals surface area contributed by atoms with E-state index in [1.807, 2.05) is 6.92 Å². The number of fused-ring (bicyclic) bond motifs is 1. The molecular weight excluding hydrogens is 306 g/mol. The molecule has 0 aliphatic heterocycles. The summed E-state index contributed by atoms with van der Waals surface area (Å²) in [6, 6.07) is 0. The predicted octanol–water partition coefficient (Wildman–Crippen LogP) is 7.14. The lowest BCUT2D eigenvalue weighted by Crippen LogP contribution is -2.48. The molecule has 142 valence electrons. The molecule has 1 fully saturated rings. The Morgan fingerprint density at radius 3 is 2.64 bits per heavy atom. The van der Waals surface area contributed by atoms with Crippen LogP contribution in [0.15, 0.2) is 28.5 Å². The largest absolute Gasteiger partial charge is 0.411 e. The van der Waals surface area contributed by atoms with E-state index in [0.717, 1.165) is 30.4 Å². The van der Waals surface area contributed by atoms with Crippen LogP contribution in [-0.2, 0) is 0 Å². The smallest absolute Gasteiger partial charge is 0.0543 e. The van der Waals surface area contributed by atoms with Crippen molar-refractivity contribution in [3.8, 4) is 0 Å². The number of hydrogen-bond acceptors (Lipinski definition) is 2. The van der Waals surface area contributed by atoms with Crippen molar-refractivity contribution in [2.75, 3.05) is 0 Å². The first-order valence-electron chi connectivity index (χ1n) is 10.2. The van der Waals surface area contributed by atoms with Gasteiger partial charge >= 0.3 is 0 Å². The van der Waals surface area contributed by atoms with Gasteiger partial charge in [0.2, 0.25) is 0 Å². The average molecular weight is 346 g/mol. The zero-order valence-corrected chi connectivity index (χ0v) is 17.4. The molecule has 0 aromatic rings. The van der Waals surface area contributed by atoms with Gasteiger partial charge in [0.15, 0.2) is 0 Å². The minimum atomic E-state index is 0.473. The molecule has 1 saturated carbocycles. The Bertz CT molecular complexity index is 554. The molecule has 25 heavy (non-hydrogen) atoms. The Hall–Kier alpha value is -1.05. The highest BCUT2D eigenvalue weighted by Gasteiger charge is 2.51. The summed E-state index contributed by atoms with van der Waals surface area (Å²) in [5.74, 6) is 1.56. The van der Waals surface area contributed by atoms with Crippen LogP contribution in [0.4, 0.5) is 0 Å². The fourth-order valence-corrected chi connectivity index (χ4v) is 5.75. The van der Waals surface area contributed by atoms with E-state index >= 15 is 0 Å². The Labute approximate surface area is 155 Å². The Morgan fingerprint density at radius 2 is 1.96 bits per heavy atom. The molecule has 0 aromatic carbocycles. The third kappa shape index (κ3) is 4.57. The maximum absolute atomic E-state index is 8.74. The van der Waals surface area contributed by atoms with Gasteiger partial charge in [-0.3, -0.25) is 0 Å². The molecular formula is C23H39NO. The highest BCUT2D eigenvalue weighted by molar-refractivity contribution is 5.81. The topological polar surface area (TPSA) is 32.6 Å². The van der Waals surface area contributed by atoms with Crippen LogP contribution in [0.5, 0.6) is 0 Å². The summed E-state index contributed by atoms with van der Waals surface area (Å²) in [5.41, 5.74) is 4.89. The molecule has 0 amide bonds. The van der Waals surface area contributed by atoms with Gasteiger partial charge in [-0.2, -0.15) is 0 Å². The second kappa shape index (κ2) is 8.10. The number of oxime groups is 1. The molecule has 0 saturated heterocycles. The quantitative estimate of drug-likeness (QED) is 0.236. The summed E-state index contributed by atoms with van der Waals surface area (Å²) in [4.78, 5) is 0. The summed E-state index contributed by atoms with van der Waals surface area (Å²) in [6.45, 7) is 14.1. The van der Waals surface area contributed by atoms with Crippen LogP contribution in [0.2, 0.25) is 0 Å². The van der Waals surface area contributed by atoms with Gasteiger partial charge in [-0.05, 0) is 88.4 Å². The Kier molecular flexibility index (Phi) is 6.56. The van der Waals surface area contributed by atoms with Crippen molar-refractivity contribution in [3.05, 3.63) is 23.3 Å². The minimum Gasteiger partial charge on any atom is -0.411 e. The molecule has 2 rings (SSSR count). The highest BCUT2D eigenvalue weighted by Crippen LogP contribution is 2.60. The van der Waals surface area contributed by atoms with Crippen LogP contribution >= 0.6 is 0 Å². The number of nitrogens with zero attached hydrogens (tertiary/aromatic N) is 1. The van der Waals surface area contributed by atoms with Crippen LogP contribution in [-0.4, -0.2) is 10.9 Å². The van der Waals surface area contributed by atoms with Crippen molar-refractivity contribution in [3.63, 3.8) is 0 Å². The van der Waals surface area contributed by atoms with E-state index in [-0.39, 0.29) is 0 Å². The summed E-state index contributed by atoms with van der Waals surface area (Å²) >= 11 is 0. The van der Waals surface area contributed by atoms with Crippen molar-refractivity contribution in [1.82, 2.24) is 0 Å². The number of hydrogen-bond donors (Lipinski definition) is 1. The van der Waals surface area contributed by atoms with E-state index in [9.17, 15) is 0 Å². The minimum absolute atomic E-state index is 0.473. The molecule has 2 aliphatic carbocycles. The van der Waals surface area contributed by atoms with Gasteiger partial charge in [-0.1, -0.05) is 55.6 Å². The fourth-order valence-electron chi connectivity index (χ4n) is 5.75. The predicted molar refractivity (Wildman–Crippen MR) is 108 cm³/mol. The van der Waals surface area contributed by atoms with E-state index in [1.165, 1.54) is 44.1 Å². The standard InChI is InChI=1S/C23H39NO/c1-17(9-7-10-19(3)24-25)11-13-20-18(2)12-14-21-22(4,5)15-8-16-23(20,21)6/h9,12,20-21,25H,7-8,10-11,13-16H2,1-6H3/b17-9+,24-19-. The van der Waals surface area contributed by atoms with Crippen LogP contribution in [0.1, 0.15) is 92.9 Å². The molecule has 2 nitrogen and oxygen atoms in total. The van der Waals surface area contributed by atoms with Crippen molar-refractivity contribution in [1.29, 1.82) is 0 Å². The van der Waals surface area contributed by atoms with Crippen LogP contribution in [0.25, 0.3) is 0 Å². The third-order valence-electron chi connectivity index (χ3n) is 7.29. The zero-order valence-electron chi connectivity index (χ0n) is 17.4. The van der Waals surface area contributed by atoms with Gasteiger partial charge in [0, 0.05) is 0 Å². The second-order valence-corrected chi connectivity index (χ2v) is 9.60. The van der Waals surface area contributed by atoms with E-state index in [1.54, 1.807) is 5.57 Å². The van der Waals surface area contributed by atoms with Crippen molar-refractivity contribution in [2.45, 2.75) is 92.9 Å². The van der Waals surface area contributed by atoms with E-state index in [4.69, 9.17) is 5.21 Å². The molecule has 0 aromatic heterocycles. The van der Waals surface area contributed by atoms with Crippen molar-refractivity contribution >= 4 is 5.71 Å². The summed E-state index contributed by atoms with van der Waals surface area (Å²) in [6.07, 6.45) is 14.6. The van der Waals surface area contributed by atoms with Gasteiger partial charge in [0.1, 0.15) is 0 Å². The van der Waals surface area contributed by atoms with Gasteiger partial charge in [0.05, 0.1) is 5.71 Å². The molecule has 0 heterocycles. The lowest BCUT2D eigenvalue weighted by Gasteiger charge is -2.57. The van der Waals surface area contributed by atoms with Gasteiger partial charge in [-0.25, -0.2) is 0 Å². The van der Waals surface area contributed by atoms with Crippen LogP contribution < -0.4 is 0 Å². The van der Waals surface area contributed by atoms with Crippen LogP contribution in [0, 0.1) is 22.7 Å². The molecule has 3 atom stereocenters. The third-order valence-corrected chi connectivity index (χ3v) is 7.29. The van der Waals surface area contributed by atoms with Crippen molar-refractivity contribution < 1.29 is 5.21 Å². The second-order valence-electron chi connectivity index (χ2n) is 9.60. The van der Waals surface area contributed by atoms with Gasteiger partial charge < -0.3 is 5.21 Å². The molecule has 1 N–H and O–H groups in total. The first-order valence-corrected chi connectivity index (χ1v) is 10.2. The fraction of sp³-hybridized carbons (Fsp3) is 0.783. The lowest BCUT2D eigenvalue weighted by atomic mass is 9.48. The van der Waals surface area contributed by atoms with E-state index in [2.05, 4.69) is 51.9 Å². The lowest BCUT2D eigenvalue weighted by molar-refractivity contribution is -0.0390. The number of rotatable bonds is 6. The summed E-state index contributed by atoms with van der Waals surface area (Å²) in [5, 5.41) is 12.0. The molecule has 3 unspecified atom stereocenters. The maximum Gasteiger partial charge on any atom is 0.0543 e. The number of allylic oxidation sites excluding steroid dienone is 4. The average Bonchev–Trinajstić information content (AvgIpc) is 2.53. The molecule has 2 heteroatoms. The molecule has 0 radical (unpaired) electrons. The van der Waals surface area contributed by atoms with E-state index in [0.29, 0.717) is 10.8 Å². The Balaban J connectivity index is 2.03. The zero-order chi connectivity index (χ0) is 18.7. The van der Waals surface area contributed by atoms with Crippen LogP contribution in [0.3, 0.4) is 0 Å². The van der Waals surface area contributed by atoms with E-state index < -0.39 is 0 Å². The molecule has 2 aliphatic rings. The Morgan fingerprint density at radius 1 is 1.24 bits per heavy atom. The van der Waals surface area contributed by atoms with Crippen molar-refractivity contribution in [2.24, 2.45) is 27.8 Å². The molecule has 0 bridgehead atoms. The van der Waals surface area contributed by atoms with Gasteiger partial charge in [-0.15, -0.1) is 0 Å². The highest BCUT2D eigenvalue weighted by atomic mass is 16.4. The normalized spacial score (nSPS) is 33.0. The summed E-state index contributed by atoms with van der Waals surface area (Å²) in [7, 11) is 0. The van der Waals surface area contributed by atoms with Gasteiger partial charge in [0.25, 0.3) is 0 Å². The monoisotopic (exact) mass is 345 g/mol. The SMILES string of the molecule is CC1=CCC2C(C)(C)CCCC2(C)C1CC/C(C)=C/CC/C(C)=N\O. The first kappa shape index (κ1) is 20.3. The first-order chi connectivity index (χ1) is 11.7.